The molecule has 11 heteroatoms. The quantitative estimate of drug-likeness (QED) is 0.297. The molecule has 1 aliphatic heterocycles. The van der Waals surface area contributed by atoms with Gasteiger partial charge in [0.05, 0.1) is 28.6 Å². The van der Waals surface area contributed by atoms with Crippen molar-refractivity contribution in [1.82, 2.24) is 4.90 Å². The van der Waals surface area contributed by atoms with Crippen LogP contribution in [-0.2, 0) is 9.59 Å². The van der Waals surface area contributed by atoms with Crippen molar-refractivity contribution < 1.29 is 28.5 Å². The van der Waals surface area contributed by atoms with Crippen LogP contribution in [0.15, 0.2) is 70.0 Å². The first-order chi connectivity index (χ1) is 16.4. The highest BCUT2D eigenvalue weighted by Crippen LogP contribution is 2.36. The number of amides is 3. The summed E-state index contributed by atoms with van der Waals surface area (Å²) < 4.78 is 10.7. The van der Waals surface area contributed by atoms with Crippen LogP contribution >= 0.6 is 11.8 Å². The van der Waals surface area contributed by atoms with Crippen molar-refractivity contribution in [1.29, 1.82) is 0 Å². The zero-order valence-electron chi connectivity index (χ0n) is 17.7. The van der Waals surface area contributed by atoms with Gasteiger partial charge in [-0.15, -0.1) is 0 Å². The number of thioether (sulfide) groups is 1. The number of hydrogen-bond donors (Lipinski definition) is 1. The molecular formula is C23H17N3O7S. The lowest BCUT2D eigenvalue weighted by Crippen LogP contribution is -2.36. The number of nitrogens with one attached hydrogen (secondary N) is 1. The van der Waals surface area contributed by atoms with Crippen molar-refractivity contribution in [2.24, 2.45) is 0 Å². The van der Waals surface area contributed by atoms with E-state index in [9.17, 15) is 24.5 Å². The second kappa shape index (κ2) is 9.63. The van der Waals surface area contributed by atoms with Gasteiger partial charge in [-0.25, -0.2) is 0 Å². The first-order valence-corrected chi connectivity index (χ1v) is 10.7. The molecule has 1 N–H and O–H groups in total. The number of carbonyl (C=O) groups is 3. The van der Waals surface area contributed by atoms with Crippen molar-refractivity contribution in [2.75, 3.05) is 19.0 Å². The molecule has 1 saturated heterocycles. The van der Waals surface area contributed by atoms with Crippen LogP contribution in [0.25, 0.3) is 17.4 Å². The van der Waals surface area contributed by atoms with Crippen molar-refractivity contribution in [3.8, 4) is 17.1 Å². The summed E-state index contributed by atoms with van der Waals surface area (Å²) in [5.41, 5.74) is 0.576. The molecule has 0 spiro atoms. The molecule has 0 saturated carbocycles. The van der Waals surface area contributed by atoms with Crippen molar-refractivity contribution in [2.45, 2.75) is 0 Å². The van der Waals surface area contributed by atoms with Crippen LogP contribution in [-0.4, -0.2) is 40.5 Å². The Morgan fingerprint density at radius 3 is 2.65 bits per heavy atom. The number of para-hydroxylation sites is 1. The van der Waals surface area contributed by atoms with Gasteiger partial charge in [0.15, 0.2) is 0 Å². The third-order valence-electron chi connectivity index (χ3n) is 4.80. The number of ether oxygens (including phenoxy) is 1. The second-order valence-electron chi connectivity index (χ2n) is 7.02. The highest BCUT2D eigenvalue weighted by molar-refractivity contribution is 8.18. The number of nitro benzene ring substituents is 1. The van der Waals surface area contributed by atoms with Gasteiger partial charge >= 0.3 is 0 Å². The molecule has 3 aromatic rings. The van der Waals surface area contributed by atoms with Crippen LogP contribution in [0.5, 0.6) is 5.75 Å². The lowest BCUT2D eigenvalue weighted by atomic mass is 10.1. The largest absolute Gasteiger partial charge is 0.497 e. The third kappa shape index (κ3) is 4.84. The van der Waals surface area contributed by atoms with Gasteiger partial charge in [0, 0.05) is 11.8 Å². The molecular weight excluding hydrogens is 462 g/mol. The fourth-order valence-corrected chi connectivity index (χ4v) is 4.02. The van der Waals surface area contributed by atoms with Gasteiger partial charge in [0.1, 0.15) is 23.8 Å². The predicted octanol–water partition coefficient (Wildman–Crippen LogP) is 4.54. The number of nitro groups is 1. The van der Waals surface area contributed by atoms with Crippen molar-refractivity contribution in [3.05, 3.63) is 81.4 Å². The normalized spacial score (nSPS) is 14.5. The summed E-state index contributed by atoms with van der Waals surface area (Å²) in [5, 5.41) is 13.5. The molecule has 2 aromatic carbocycles. The van der Waals surface area contributed by atoms with Crippen molar-refractivity contribution >= 4 is 46.3 Å². The number of rotatable bonds is 7. The minimum Gasteiger partial charge on any atom is -0.497 e. The second-order valence-corrected chi connectivity index (χ2v) is 8.02. The van der Waals surface area contributed by atoms with Gasteiger partial charge in [0.2, 0.25) is 5.91 Å². The van der Waals surface area contributed by atoms with E-state index in [0.717, 1.165) is 4.90 Å². The van der Waals surface area contributed by atoms with E-state index in [1.807, 2.05) is 0 Å². The van der Waals surface area contributed by atoms with Crippen LogP contribution in [0.1, 0.15) is 5.76 Å². The number of furan rings is 1. The molecule has 3 amide bonds. The summed E-state index contributed by atoms with van der Waals surface area (Å²) in [6, 6.07) is 16.1. The highest BCUT2D eigenvalue weighted by atomic mass is 32.2. The van der Waals surface area contributed by atoms with Crippen molar-refractivity contribution in [3.63, 3.8) is 0 Å². The monoisotopic (exact) mass is 479 g/mol. The number of methoxy groups -OCH3 is 1. The fraction of sp³-hybridized carbons (Fsp3) is 0.0870. The van der Waals surface area contributed by atoms with Gasteiger partial charge < -0.3 is 14.5 Å². The Labute approximate surface area is 197 Å². The fourth-order valence-electron chi connectivity index (χ4n) is 3.20. The average molecular weight is 479 g/mol. The molecule has 172 valence electrons. The maximum atomic E-state index is 12.7. The summed E-state index contributed by atoms with van der Waals surface area (Å²) in [6.45, 7) is -0.432. The Morgan fingerprint density at radius 2 is 1.94 bits per heavy atom. The summed E-state index contributed by atoms with van der Waals surface area (Å²) in [6.07, 6.45) is 1.36. The Balaban J connectivity index is 1.50. The zero-order chi connectivity index (χ0) is 24.2. The number of anilines is 1. The zero-order valence-corrected chi connectivity index (χ0v) is 18.5. The number of hydrogen-bond acceptors (Lipinski definition) is 8. The number of benzene rings is 2. The molecule has 0 atom stereocenters. The molecule has 10 nitrogen and oxygen atoms in total. The molecule has 1 aliphatic rings. The maximum Gasteiger partial charge on any atom is 0.294 e. The van der Waals surface area contributed by atoms with E-state index in [1.165, 1.54) is 37.5 Å². The van der Waals surface area contributed by atoms with Gasteiger partial charge in [-0.1, -0.05) is 18.2 Å². The maximum absolute atomic E-state index is 12.7. The van der Waals surface area contributed by atoms with Crippen LogP contribution in [0.4, 0.5) is 16.2 Å². The van der Waals surface area contributed by atoms with E-state index in [2.05, 4.69) is 5.32 Å². The molecule has 0 bridgehead atoms. The average Bonchev–Trinajstić information content (AvgIpc) is 3.39. The van der Waals surface area contributed by atoms with Crippen LogP contribution in [0.3, 0.4) is 0 Å². The van der Waals surface area contributed by atoms with E-state index in [4.69, 9.17) is 9.15 Å². The van der Waals surface area contributed by atoms with Crippen LogP contribution < -0.4 is 10.1 Å². The van der Waals surface area contributed by atoms with E-state index in [0.29, 0.717) is 23.2 Å². The number of carbonyl (C=O) groups excluding carboxylic acids is 3. The Kier molecular flexibility index (Phi) is 6.46. The Morgan fingerprint density at radius 1 is 1.18 bits per heavy atom. The molecule has 0 radical (unpaired) electrons. The molecule has 0 aliphatic carbocycles. The molecule has 4 rings (SSSR count). The predicted molar refractivity (Wildman–Crippen MR) is 125 cm³/mol. The number of imide groups is 1. The number of nitrogens with zero attached hydrogens (tertiary/aromatic N) is 2. The van der Waals surface area contributed by atoms with Gasteiger partial charge in [-0.05, 0) is 48.2 Å². The summed E-state index contributed by atoms with van der Waals surface area (Å²) in [5.74, 6) is -0.387. The lowest BCUT2D eigenvalue weighted by molar-refractivity contribution is -0.384. The van der Waals surface area contributed by atoms with Gasteiger partial charge in [-0.3, -0.25) is 29.4 Å². The van der Waals surface area contributed by atoms with Crippen LogP contribution in [0, 0.1) is 10.1 Å². The summed E-state index contributed by atoms with van der Waals surface area (Å²) in [4.78, 5) is 49.1. The molecule has 0 unspecified atom stereocenters. The highest BCUT2D eigenvalue weighted by Gasteiger charge is 2.36. The topological polar surface area (TPSA) is 132 Å². The van der Waals surface area contributed by atoms with E-state index in [1.54, 1.807) is 36.4 Å². The summed E-state index contributed by atoms with van der Waals surface area (Å²) in [7, 11) is 1.40. The van der Waals surface area contributed by atoms with E-state index < -0.39 is 28.5 Å². The van der Waals surface area contributed by atoms with E-state index in [-0.39, 0.29) is 27.7 Å². The Hall–Kier alpha value is -4.38. The molecule has 1 aromatic heterocycles. The first kappa shape index (κ1) is 22.8. The summed E-state index contributed by atoms with van der Waals surface area (Å²) >= 11 is 0.677. The van der Waals surface area contributed by atoms with Crippen LogP contribution in [0.2, 0.25) is 0 Å². The standard InChI is InChI=1S/C23H17N3O7S/c1-32-15-7-9-17(18(11-15)26(30)31)19-10-8-16(33-19)12-20-22(28)25(23(29)34-20)13-21(27)24-14-5-3-2-4-6-14/h2-12H,13H2,1H3,(H,24,27). The first-order valence-electron chi connectivity index (χ1n) is 9.88. The minimum atomic E-state index is -0.633. The molecule has 34 heavy (non-hydrogen) atoms. The molecule has 1 fully saturated rings. The van der Waals surface area contributed by atoms with E-state index >= 15 is 0 Å². The Bertz CT molecular complexity index is 1320. The SMILES string of the molecule is COc1ccc(-c2ccc(C=C3SC(=O)N(CC(=O)Nc4ccccc4)C3=O)o2)c([N+](=O)[O-])c1. The van der Waals surface area contributed by atoms with Gasteiger partial charge in [0.25, 0.3) is 16.8 Å². The lowest BCUT2D eigenvalue weighted by Gasteiger charge is -2.12. The minimum absolute atomic E-state index is 0.0719. The molecule has 2 heterocycles. The third-order valence-corrected chi connectivity index (χ3v) is 5.71. The van der Waals surface area contributed by atoms with Gasteiger partial charge in [-0.2, -0.15) is 0 Å². The smallest absolute Gasteiger partial charge is 0.294 e.